The highest BCUT2D eigenvalue weighted by molar-refractivity contribution is 6.17. The van der Waals surface area contributed by atoms with Gasteiger partial charge in [-0.2, -0.15) is 0 Å². The smallest absolute Gasteiger partial charge is 0.135 e. The van der Waals surface area contributed by atoms with E-state index in [4.69, 9.17) is 14.4 Å². The maximum Gasteiger partial charge on any atom is 0.135 e. The standard InChI is InChI=1S/C52H34N4.C42H28N4.C38H24N2O/c1-3-13-35(14-4-1)38-24-26-47(54-34-38)40-31-39(43-22-11-15-36-16-12-29-53-51(36)43)32-42(33-40)56-48-23-10-9-20-45(48)44-19-7-8-21-46(44)50-49(56)27-25-37-28-30-55(52(37)50)41-17-5-2-6-18-41;1-2-12-34(13-3-1)46-39-17-7-6-15-37(39)36-14-4-5-16-38(36)41-40(46)19-18-29-20-23-45(42(29)41)35-25-32(30-10-8-21-43-27-30)24-33(26-35)31-11-9-22-44-28-31;1-2-10-26(11-3-1)39-23-22-25-18-20-34-37(38(25)39)31-15-5-4-12-28(31)29-13-6-8-16-33(29)40(34)27-19-21-36-32(24-27)30-14-7-9-17-35(30)41-36/h1-34H;1-28H;1-24H. The molecule has 143 heavy (non-hydrogen) atoms. The average molecular weight is 1830 g/mol. The Hall–Kier alpha value is -19.4. The first-order chi connectivity index (χ1) is 71.0. The number of hydrogen-bond donors (Lipinski definition) is 0. The number of rotatable bonds is 11. The van der Waals surface area contributed by atoms with Crippen LogP contribution in [0.1, 0.15) is 0 Å². The van der Waals surface area contributed by atoms with Crippen LogP contribution >= 0.6 is 0 Å². The number of furan rings is 1. The van der Waals surface area contributed by atoms with Gasteiger partial charge >= 0.3 is 0 Å². The summed E-state index contributed by atoms with van der Waals surface area (Å²) in [5.74, 6) is 0. The van der Waals surface area contributed by atoms with E-state index in [1.54, 1.807) is 0 Å². The van der Waals surface area contributed by atoms with Crippen molar-refractivity contribution in [2.75, 3.05) is 14.7 Å². The molecular formula is C132H86N10O. The molecule has 0 amide bonds. The third-order valence-electron chi connectivity index (χ3n) is 28.3. The summed E-state index contributed by atoms with van der Waals surface area (Å²) in [7, 11) is 0. The molecule has 29 rings (SSSR count). The zero-order chi connectivity index (χ0) is 94.4. The van der Waals surface area contributed by atoms with Crippen molar-refractivity contribution in [3.63, 3.8) is 0 Å². The largest absolute Gasteiger partial charge is 0.456 e. The number of anilines is 9. The maximum atomic E-state index is 6.20. The van der Waals surface area contributed by atoms with Gasteiger partial charge in [-0.25, -0.2) is 0 Å². The predicted molar refractivity (Wildman–Crippen MR) is 590 cm³/mol. The van der Waals surface area contributed by atoms with Gasteiger partial charge in [-0.15, -0.1) is 0 Å². The molecule has 0 aliphatic carbocycles. The van der Waals surface area contributed by atoms with Crippen molar-refractivity contribution < 1.29 is 4.42 Å². The summed E-state index contributed by atoms with van der Waals surface area (Å²) in [6, 6.07) is 167. The summed E-state index contributed by atoms with van der Waals surface area (Å²) in [5.41, 5.74) is 44.9. The first-order valence-corrected chi connectivity index (χ1v) is 48.4. The lowest BCUT2D eigenvalue weighted by Crippen LogP contribution is -2.12. The van der Waals surface area contributed by atoms with Crippen LogP contribution in [0.5, 0.6) is 0 Å². The maximum absolute atomic E-state index is 6.20. The second-order valence-electron chi connectivity index (χ2n) is 36.4. The number of aromatic nitrogens is 7. The summed E-state index contributed by atoms with van der Waals surface area (Å²) >= 11 is 0. The van der Waals surface area contributed by atoms with Gasteiger partial charge in [-0.05, 0) is 232 Å². The van der Waals surface area contributed by atoms with Crippen LogP contribution in [-0.4, -0.2) is 33.6 Å². The van der Waals surface area contributed by atoms with E-state index in [0.717, 1.165) is 157 Å². The number of benzene rings is 18. The van der Waals surface area contributed by atoms with E-state index in [1.807, 2.05) is 73.6 Å². The van der Waals surface area contributed by atoms with E-state index in [0.29, 0.717) is 0 Å². The normalized spacial score (nSPS) is 12.0. The minimum absolute atomic E-state index is 0.898. The zero-order valence-corrected chi connectivity index (χ0v) is 77.5. The van der Waals surface area contributed by atoms with Crippen LogP contribution in [0.3, 0.4) is 0 Å². The van der Waals surface area contributed by atoms with Gasteiger partial charge in [-0.3, -0.25) is 19.9 Å². The Morgan fingerprint density at radius 1 is 0.189 bits per heavy atom. The van der Waals surface area contributed by atoms with E-state index in [-0.39, 0.29) is 0 Å². The van der Waals surface area contributed by atoms with E-state index >= 15 is 0 Å². The molecule has 0 saturated heterocycles. The van der Waals surface area contributed by atoms with Gasteiger partial charge < -0.3 is 32.8 Å². The van der Waals surface area contributed by atoms with Crippen LogP contribution in [0.15, 0.2) is 527 Å². The molecule has 0 atom stereocenters. The van der Waals surface area contributed by atoms with Gasteiger partial charge in [0, 0.05) is 183 Å². The van der Waals surface area contributed by atoms with Crippen LogP contribution in [0.4, 0.5) is 51.2 Å². The molecule has 11 nitrogen and oxygen atoms in total. The number of pyridine rings is 4. The lowest BCUT2D eigenvalue weighted by molar-refractivity contribution is 0.669. The average Bonchev–Trinajstić information content (AvgIpc) is 1.59. The van der Waals surface area contributed by atoms with Crippen LogP contribution < -0.4 is 14.7 Å². The highest BCUT2D eigenvalue weighted by atomic mass is 16.3. The predicted octanol–water partition coefficient (Wildman–Crippen LogP) is 35.2. The SMILES string of the molecule is c1ccc(-c2ccc(-c3cc(-c4cccc5cccnc45)cc(N4c5ccccc5-c5ccccc5-c5c4ccc4ccn(-c6ccccc6)c54)c3)nc2)cc1.c1ccc(-n2ccc3ccc4c(c32)-c2ccccc2-c2ccccc2N4c2ccc3oc4ccccc4c3c2)cc1.c1ccc(N2c3ccccc3-c3ccccc3-c3c2ccc2ccn(-c4cc(-c5cccnc5)cc(-c5cccnc5)c4)c32)cc1. The van der Waals surface area contributed by atoms with E-state index in [1.165, 1.54) is 99.5 Å². The number of fused-ring (bicyclic) bond motifs is 25. The quantitative estimate of drug-likeness (QED) is 0.127. The minimum Gasteiger partial charge on any atom is -0.456 e. The number of nitrogens with zero attached hydrogens (tertiary/aromatic N) is 10. The van der Waals surface area contributed by atoms with Crippen molar-refractivity contribution in [1.82, 2.24) is 33.6 Å². The van der Waals surface area contributed by atoms with Crippen LogP contribution in [-0.2, 0) is 0 Å². The number of hydrogen-bond acceptors (Lipinski definition) is 8. The first kappa shape index (κ1) is 83.0. The Morgan fingerprint density at radius 3 is 1.10 bits per heavy atom. The number of para-hydroxylation sites is 8. The van der Waals surface area contributed by atoms with Gasteiger partial charge in [0.05, 0.1) is 61.9 Å². The van der Waals surface area contributed by atoms with E-state index < -0.39 is 0 Å². The lowest BCUT2D eigenvalue weighted by Gasteiger charge is -2.29. The Morgan fingerprint density at radius 2 is 0.587 bits per heavy atom. The third-order valence-corrected chi connectivity index (χ3v) is 28.3. The molecule has 18 aromatic carbocycles. The molecule has 0 fully saturated rings. The van der Waals surface area contributed by atoms with Gasteiger partial charge in [-0.1, -0.05) is 291 Å². The minimum atomic E-state index is 0.898. The molecule has 3 aliphatic heterocycles. The van der Waals surface area contributed by atoms with Crippen molar-refractivity contribution in [1.29, 1.82) is 0 Å². The highest BCUT2D eigenvalue weighted by Crippen LogP contribution is 2.59. The fourth-order valence-electron chi connectivity index (χ4n) is 21.9. The molecule has 0 bridgehead atoms. The van der Waals surface area contributed by atoms with Crippen LogP contribution in [0.25, 0.3) is 205 Å². The molecule has 0 saturated carbocycles. The monoisotopic (exact) mass is 1830 g/mol. The van der Waals surface area contributed by atoms with Crippen molar-refractivity contribution in [3.05, 3.63) is 523 Å². The van der Waals surface area contributed by atoms with Gasteiger partial charge in [0.1, 0.15) is 11.2 Å². The molecule has 26 aromatic rings. The van der Waals surface area contributed by atoms with E-state index in [9.17, 15) is 0 Å². The fourth-order valence-corrected chi connectivity index (χ4v) is 21.9. The van der Waals surface area contributed by atoms with Gasteiger partial charge in [0.15, 0.2) is 0 Å². The summed E-state index contributed by atoms with van der Waals surface area (Å²) in [4.78, 5) is 26.1. The molecule has 8 aromatic heterocycles. The third kappa shape index (κ3) is 14.4. The Bertz CT molecular complexity index is 9360. The molecule has 670 valence electrons. The lowest BCUT2D eigenvalue weighted by atomic mass is 9.93. The van der Waals surface area contributed by atoms with Crippen LogP contribution in [0, 0.1) is 0 Å². The molecular weight excluding hydrogens is 1740 g/mol. The van der Waals surface area contributed by atoms with Gasteiger partial charge in [0.25, 0.3) is 0 Å². The molecule has 0 radical (unpaired) electrons. The van der Waals surface area contributed by atoms with Crippen LogP contribution in [0.2, 0.25) is 0 Å². The van der Waals surface area contributed by atoms with Gasteiger partial charge in [0.2, 0.25) is 0 Å². The highest BCUT2D eigenvalue weighted by Gasteiger charge is 2.35. The van der Waals surface area contributed by atoms with Crippen molar-refractivity contribution in [2.24, 2.45) is 0 Å². The summed E-state index contributed by atoms with van der Waals surface area (Å²) in [6.07, 6.45) is 17.9. The molecule has 11 heterocycles. The molecule has 0 spiro atoms. The summed E-state index contributed by atoms with van der Waals surface area (Å²) < 4.78 is 13.2. The summed E-state index contributed by atoms with van der Waals surface area (Å²) in [5, 5.41) is 6.93. The summed E-state index contributed by atoms with van der Waals surface area (Å²) in [6.45, 7) is 0. The second-order valence-corrected chi connectivity index (χ2v) is 36.4. The molecule has 0 unspecified atom stereocenters. The molecule has 0 N–H and O–H groups in total. The van der Waals surface area contributed by atoms with Crippen molar-refractivity contribution in [3.8, 4) is 140 Å². The molecule has 11 heteroatoms. The topological polar surface area (TPSA) is 89.2 Å². The zero-order valence-electron chi connectivity index (χ0n) is 77.5. The fraction of sp³-hybridized carbons (Fsp3) is 0. The Labute approximate surface area is 826 Å². The first-order valence-electron chi connectivity index (χ1n) is 48.4. The second kappa shape index (κ2) is 35.0. The Kier molecular flexibility index (Phi) is 20.3. The Balaban J connectivity index is 0.000000108. The van der Waals surface area contributed by atoms with E-state index in [2.05, 4.69) is 488 Å². The van der Waals surface area contributed by atoms with Crippen molar-refractivity contribution in [2.45, 2.75) is 0 Å². The molecule has 3 aliphatic rings. The van der Waals surface area contributed by atoms with Crippen molar-refractivity contribution >= 4 is 117 Å².